The van der Waals surface area contributed by atoms with Crippen LogP contribution >= 0.6 is 0 Å². The first-order chi connectivity index (χ1) is 9.26. The Kier molecular flexibility index (Phi) is 5.02. The Morgan fingerprint density at radius 2 is 2.11 bits per heavy atom. The monoisotopic (exact) mass is 264 g/mol. The number of carbonyl (C=O) groups excluding carboxylic acids is 1. The highest BCUT2D eigenvalue weighted by atomic mass is 16.4. The first-order valence-corrected chi connectivity index (χ1v) is 7.36. The van der Waals surface area contributed by atoms with Crippen LogP contribution in [0.1, 0.15) is 55.3 Å². The minimum atomic E-state index is -0.00273. The molecule has 1 aliphatic carbocycles. The van der Waals surface area contributed by atoms with E-state index in [9.17, 15) is 4.79 Å². The quantitative estimate of drug-likeness (QED) is 0.889. The van der Waals surface area contributed by atoms with Gasteiger partial charge in [-0.2, -0.15) is 0 Å². The molecular formula is C15H24N2O2. The van der Waals surface area contributed by atoms with Crippen LogP contribution in [0, 0.1) is 0 Å². The van der Waals surface area contributed by atoms with Crippen LogP contribution in [0.2, 0.25) is 0 Å². The zero-order chi connectivity index (χ0) is 13.7. The predicted octanol–water partition coefficient (Wildman–Crippen LogP) is 2.58. The van der Waals surface area contributed by atoms with Gasteiger partial charge >= 0.3 is 0 Å². The zero-order valence-corrected chi connectivity index (χ0v) is 11.7. The molecule has 0 bridgehead atoms. The third kappa shape index (κ3) is 3.38. The number of hydrogen-bond acceptors (Lipinski definition) is 3. The third-order valence-corrected chi connectivity index (χ3v) is 3.87. The normalized spacial score (nSPS) is 16.5. The lowest BCUT2D eigenvalue weighted by atomic mass is 9.94. The van der Waals surface area contributed by atoms with Gasteiger partial charge in [0.25, 0.3) is 5.91 Å². The Morgan fingerprint density at radius 1 is 1.37 bits per heavy atom. The minimum Gasteiger partial charge on any atom is -0.456 e. The van der Waals surface area contributed by atoms with Gasteiger partial charge < -0.3 is 15.1 Å². The fraction of sp³-hybridized carbons (Fsp3) is 0.667. The van der Waals surface area contributed by atoms with E-state index in [-0.39, 0.29) is 5.91 Å². The van der Waals surface area contributed by atoms with Crippen molar-refractivity contribution in [3.05, 3.63) is 23.7 Å². The van der Waals surface area contributed by atoms with Gasteiger partial charge in [-0.25, -0.2) is 0 Å². The molecule has 4 nitrogen and oxygen atoms in total. The number of rotatable bonds is 5. The molecule has 1 aromatic heterocycles. The first kappa shape index (κ1) is 14.1. The van der Waals surface area contributed by atoms with Crippen LogP contribution in [0.3, 0.4) is 0 Å². The SMILES string of the molecule is CCc1ccc(C(=O)N(CCN)C2CCCCC2)o1. The lowest BCUT2D eigenvalue weighted by Crippen LogP contribution is -2.44. The Morgan fingerprint density at radius 3 is 2.68 bits per heavy atom. The van der Waals surface area contributed by atoms with Gasteiger partial charge in [0.15, 0.2) is 5.76 Å². The van der Waals surface area contributed by atoms with E-state index in [1.54, 1.807) is 6.07 Å². The average molecular weight is 264 g/mol. The molecule has 2 N–H and O–H groups in total. The molecule has 4 heteroatoms. The van der Waals surface area contributed by atoms with E-state index in [1.165, 1.54) is 19.3 Å². The van der Waals surface area contributed by atoms with Crippen LogP contribution in [-0.2, 0) is 6.42 Å². The molecule has 2 rings (SSSR count). The van der Waals surface area contributed by atoms with Crippen molar-refractivity contribution < 1.29 is 9.21 Å². The molecule has 0 spiro atoms. The van der Waals surface area contributed by atoms with Crippen molar-refractivity contribution in [1.82, 2.24) is 4.90 Å². The Labute approximate surface area is 114 Å². The minimum absolute atomic E-state index is 0.00273. The highest BCUT2D eigenvalue weighted by Gasteiger charge is 2.27. The molecule has 1 heterocycles. The van der Waals surface area contributed by atoms with E-state index >= 15 is 0 Å². The van der Waals surface area contributed by atoms with E-state index in [2.05, 4.69) is 0 Å². The summed E-state index contributed by atoms with van der Waals surface area (Å²) in [5, 5.41) is 0. The molecule has 0 aliphatic heterocycles. The van der Waals surface area contributed by atoms with Crippen molar-refractivity contribution in [2.75, 3.05) is 13.1 Å². The summed E-state index contributed by atoms with van der Waals surface area (Å²) in [6.07, 6.45) is 6.68. The van der Waals surface area contributed by atoms with Crippen LogP contribution < -0.4 is 5.73 Å². The molecule has 1 amide bonds. The molecule has 1 fully saturated rings. The van der Waals surface area contributed by atoms with Gasteiger partial charge in [-0.1, -0.05) is 26.2 Å². The topological polar surface area (TPSA) is 59.5 Å². The second-order valence-electron chi connectivity index (χ2n) is 5.20. The number of furan rings is 1. The number of nitrogens with two attached hydrogens (primary N) is 1. The van der Waals surface area contributed by atoms with E-state index < -0.39 is 0 Å². The zero-order valence-electron chi connectivity index (χ0n) is 11.7. The van der Waals surface area contributed by atoms with Crippen molar-refractivity contribution >= 4 is 5.91 Å². The number of carbonyl (C=O) groups is 1. The molecular weight excluding hydrogens is 240 g/mol. The Balaban J connectivity index is 2.10. The molecule has 0 atom stereocenters. The van der Waals surface area contributed by atoms with E-state index in [0.29, 0.717) is 24.9 Å². The van der Waals surface area contributed by atoms with Crippen LogP contribution in [-0.4, -0.2) is 29.9 Å². The maximum absolute atomic E-state index is 12.5. The van der Waals surface area contributed by atoms with Crippen LogP contribution in [0.25, 0.3) is 0 Å². The molecule has 1 aliphatic rings. The predicted molar refractivity (Wildman–Crippen MR) is 75.0 cm³/mol. The lowest BCUT2D eigenvalue weighted by Gasteiger charge is -2.33. The van der Waals surface area contributed by atoms with E-state index in [0.717, 1.165) is 25.0 Å². The summed E-state index contributed by atoms with van der Waals surface area (Å²) >= 11 is 0. The van der Waals surface area contributed by atoms with E-state index in [1.807, 2.05) is 17.9 Å². The molecule has 0 unspecified atom stereocenters. The molecule has 0 radical (unpaired) electrons. The van der Waals surface area contributed by atoms with Gasteiger partial charge in [-0.15, -0.1) is 0 Å². The maximum Gasteiger partial charge on any atom is 0.289 e. The van der Waals surface area contributed by atoms with Crippen molar-refractivity contribution in [3.63, 3.8) is 0 Å². The third-order valence-electron chi connectivity index (χ3n) is 3.87. The molecule has 1 aromatic rings. The van der Waals surface area contributed by atoms with Gasteiger partial charge in [0.1, 0.15) is 5.76 Å². The summed E-state index contributed by atoms with van der Waals surface area (Å²) < 4.78 is 5.58. The van der Waals surface area contributed by atoms with E-state index in [4.69, 9.17) is 10.2 Å². The average Bonchev–Trinajstić information content (AvgIpc) is 2.94. The summed E-state index contributed by atoms with van der Waals surface area (Å²) in [5.74, 6) is 1.31. The van der Waals surface area contributed by atoms with Gasteiger partial charge in [0, 0.05) is 25.6 Å². The van der Waals surface area contributed by atoms with Gasteiger partial charge in [0.2, 0.25) is 0 Å². The first-order valence-electron chi connectivity index (χ1n) is 7.36. The smallest absolute Gasteiger partial charge is 0.289 e. The number of nitrogens with zero attached hydrogens (tertiary/aromatic N) is 1. The largest absolute Gasteiger partial charge is 0.456 e. The molecule has 0 saturated heterocycles. The van der Waals surface area contributed by atoms with Crippen LogP contribution in [0.5, 0.6) is 0 Å². The summed E-state index contributed by atoms with van der Waals surface area (Å²) in [4.78, 5) is 14.5. The van der Waals surface area contributed by atoms with Crippen molar-refractivity contribution in [2.45, 2.75) is 51.5 Å². The molecule has 1 saturated carbocycles. The fourth-order valence-electron chi connectivity index (χ4n) is 2.81. The van der Waals surface area contributed by atoms with Crippen molar-refractivity contribution in [1.29, 1.82) is 0 Å². The summed E-state index contributed by atoms with van der Waals surface area (Å²) in [6, 6.07) is 4.00. The van der Waals surface area contributed by atoms with Gasteiger partial charge in [-0.05, 0) is 25.0 Å². The standard InChI is InChI=1S/C15H24N2O2/c1-2-13-8-9-14(19-13)15(18)17(11-10-16)12-6-4-3-5-7-12/h8-9,12H,2-7,10-11,16H2,1H3. The molecule has 19 heavy (non-hydrogen) atoms. The highest BCUT2D eigenvalue weighted by Crippen LogP contribution is 2.24. The van der Waals surface area contributed by atoms with Gasteiger partial charge in [0.05, 0.1) is 0 Å². The summed E-state index contributed by atoms with van der Waals surface area (Å²) in [5.41, 5.74) is 5.66. The molecule has 106 valence electrons. The number of hydrogen-bond donors (Lipinski definition) is 1. The Hall–Kier alpha value is -1.29. The van der Waals surface area contributed by atoms with Crippen LogP contribution in [0.4, 0.5) is 0 Å². The van der Waals surface area contributed by atoms with Crippen molar-refractivity contribution in [3.8, 4) is 0 Å². The second kappa shape index (κ2) is 6.75. The Bertz CT molecular complexity index is 408. The fourth-order valence-corrected chi connectivity index (χ4v) is 2.81. The van der Waals surface area contributed by atoms with Crippen molar-refractivity contribution in [2.24, 2.45) is 5.73 Å². The maximum atomic E-state index is 12.5. The number of amides is 1. The lowest BCUT2D eigenvalue weighted by molar-refractivity contribution is 0.0607. The van der Waals surface area contributed by atoms with Gasteiger partial charge in [-0.3, -0.25) is 4.79 Å². The van der Waals surface area contributed by atoms with Crippen LogP contribution in [0.15, 0.2) is 16.5 Å². The summed E-state index contributed by atoms with van der Waals surface area (Å²) in [7, 11) is 0. The second-order valence-corrected chi connectivity index (χ2v) is 5.20. The highest BCUT2D eigenvalue weighted by molar-refractivity contribution is 5.91. The number of aryl methyl sites for hydroxylation is 1. The summed E-state index contributed by atoms with van der Waals surface area (Å²) in [6.45, 7) is 3.14. The molecule has 0 aromatic carbocycles.